The first-order chi connectivity index (χ1) is 13.5. The van der Waals surface area contributed by atoms with Crippen LogP contribution in [0.15, 0.2) is 24.3 Å². The van der Waals surface area contributed by atoms with Gasteiger partial charge in [-0.1, -0.05) is 17.4 Å². The van der Waals surface area contributed by atoms with Gasteiger partial charge in [-0.2, -0.15) is 0 Å². The second-order valence-corrected chi connectivity index (χ2v) is 9.89. The fourth-order valence-corrected chi connectivity index (χ4v) is 5.12. The summed E-state index contributed by atoms with van der Waals surface area (Å²) in [5.41, 5.74) is 7.18. The van der Waals surface area contributed by atoms with Crippen molar-refractivity contribution in [2.75, 3.05) is 11.9 Å². The highest BCUT2D eigenvalue weighted by Crippen LogP contribution is 2.36. The second kappa shape index (κ2) is 7.84. The number of halogens is 1. The molecular formula is C21H29FN6S. The Morgan fingerprint density at radius 1 is 1.28 bits per heavy atom. The molecule has 4 N–H and O–H groups in total. The highest BCUT2D eigenvalue weighted by molar-refractivity contribution is 7.18. The summed E-state index contributed by atoms with van der Waals surface area (Å²) in [5.74, 6) is -0.404. The number of nitrogens with one attached hydrogen (secondary N) is 2. The van der Waals surface area contributed by atoms with Crippen molar-refractivity contribution in [1.29, 1.82) is 5.41 Å². The van der Waals surface area contributed by atoms with Gasteiger partial charge in [0.15, 0.2) is 5.01 Å². The Labute approximate surface area is 175 Å². The van der Waals surface area contributed by atoms with Gasteiger partial charge < -0.3 is 21.4 Å². The highest BCUT2D eigenvalue weighted by Gasteiger charge is 2.39. The average molecular weight is 417 g/mol. The molecule has 1 fully saturated rings. The Kier molecular flexibility index (Phi) is 5.78. The van der Waals surface area contributed by atoms with Crippen LogP contribution in [0.3, 0.4) is 0 Å². The zero-order chi connectivity index (χ0) is 21.4. The van der Waals surface area contributed by atoms with Crippen LogP contribution in [-0.4, -0.2) is 40.6 Å². The molecule has 0 atom stereocenters. The van der Waals surface area contributed by atoms with Crippen molar-refractivity contribution in [3.05, 3.63) is 35.7 Å². The van der Waals surface area contributed by atoms with Crippen LogP contribution in [0.2, 0.25) is 0 Å². The smallest absolute Gasteiger partial charge is 0.208 e. The van der Waals surface area contributed by atoms with Crippen LogP contribution < -0.4 is 16.0 Å². The first-order valence-electron chi connectivity index (χ1n) is 9.63. The molecule has 1 aliphatic heterocycles. The van der Waals surface area contributed by atoms with Gasteiger partial charge in [0.05, 0.1) is 0 Å². The molecule has 0 aliphatic carbocycles. The summed E-state index contributed by atoms with van der Waals surface area (Å²) in [4.78, 5) is 2.17. The van der Waals surface area contributed by atoms with E-state index in [1.165, 1.54) is 23.5 Å². The Balaban J connectivity index is 1.84. The van der Waals surface area contributed by atoms with Crippen LogP contribution in [0, 0.1) is 11.2 Å². The third kappa shape index (κ3) is 4.82. The molecule has 0 saturated carbocycles. The summed E-state index contributed by atoms with van der Waals surface area (Å²) in [7, 11) is 2.04. The Morgan fingerprint density at radius 2 is 1.93 bits per heavy atom. The Morgan fingerprint density at radius 3 is 2.52 bits per heavy atom. The van der Waals surface area contributed by atoms with Crippen LogP contribution in [-0.2, 0) is 0 Å². The maximum atomic E-state index is 14.7. The summed E-state index contributed by atoms with van der Waals surface area (Å²) in [6.07, 6.45) is 4.49. The van der Waals surface area contributed by atoms with E-state index in [1.54, 1.807) is 12.1 Å². The third-order valence-electron chi connectivity index (χ3n) is 5.23. The van der Waals surface area contributed by atoms with Gasteiger partial charge in [-0.05, 0) is 58.7 Å². The van der Waals surface area contributed by atoms with Gasteiger partial charge in [0, 0.05) is 47.2 Å². The fourth-order valence-electron chi connectivity index (χ4n) is 4.22. The normalized spacial score (nSPS) is 19.2. The molecule has 8 heteroatoms. The molecule has 6 nitrogen and oxygen atoms in total. The molecule has 0 radical (unpaired) electrons. The first-order valence-corrected chi connectivity index (χ1v) is 10.5. The molecule has 1 saturated heterocycles. The molecule has 1 aliphatic rings. The number of rotatable bonds is 5. The van der Waals surface area contributed by atoms with Crippen molar-refractivity contribution in [1.82, 2.24) is 15.5 Å². The van der Waals surface area contributed by atoms with Crippen molar-refractivity contribution in [2.45, 2.75) is 57.7 Å². The van der Waals surface area contributed by atoms with Gasteiger partial charge in [0.25, 0.3) is 0 Å². The number of aromatic nitrogens is 2. The monoisotopic (exact) mass is 416 g/mol. The molecule has 1 aromatic carbocycles. The summed E-state index contributed by atoms with van der Waals surface area (Å²) < 4.78 is 14.7. The Hall–Kier alpha value is -2.32. The SMILES string of the molecule is CN(c1nnc(-c2ccc(/C(N)=C/C=N)cc2F)s1)C1CC(C)(C)NC(C)(C)C1. The van der Waals surface area contributed by atoms with E-state index in [9.17, 15) is 4.39 Å². The van der Waals surface area contributed by atoms with Crippen LogP contribution in [0.1, 0.15) is 46.1 Å². The topological polar surface area (TPSA) is 90.9 Å². The molecule has 156 valence electrons. The lowest BCUT2D eigenvalue weighted by Gasteiger charge is -2.48. The van der Waals surface area contributed by atoms with Gasteiger partial charge >= 0.3 is 0 Å². The van der Waals surface area contributed by atoms with Gasteiger partial charge in [-0.15, -0.1) is 10.2 Å². The van der Waals surface area contributed by atoms with E-state index in [1.807, 2.05) is 7.05 Å². The second-order valence-electron chi connectivity index (χ2n) is 8.94. The maximum Gasteiger partial charge on any atom is 0.208 e. The molecule has 1 aromatic heterocycles. The predicted molar refractivity (Wildman–Crippen MR) is 119 cm³/mol. The van der Waals surface area contributed by atoms with E-state index < -0.39 is 5.82 Å². The lowest BCUT2D eigenvalue weighted by Crippen LogP contribution is -2.61. The molecular weight excluding hydrogens is 387 g/mol. The number of hydrogen-bond acceptors (Lipinski definition) is 7. The largest absolute Gasteiger partial charge is 0.398 e. The maximum absolute atomic E-state index is 14.7. The van der Waals surface area contributed by atoms with Crippen molar-refractivity contribution in [2.24, 2.45) is 5.73 Å². The third-order valence-corrected chi connectivity index (χ3v) is 6.28. The molecule has 0 bridgehead atoms. The van der Waals surface area contributed by atoms with E-state index >= 15 is 0 Å². The first kappa shape index (κ1) is 21.4. The molecule has 0 unspecified atom stereocenters. The minimum atomic E-state index is -0.404. The minimum Gasteiger partial charge on any atom is -0.398 e. The lowest BCUT2D eigenvalue weighted by molar-refractivity contribution is 0.161. The van der Waals surface area contributed by atoms with Crippen molar-refractivity contribution in [3.63, 3.8) is 0 Å². The van der Waals surface area contributed by atoms with E-state index in [4.69, 9.17) is 11.1 Å². The van der Waals surface area contributed by atoms with E-state index in [-0.39, 0.29) is 11.1 Å². The summed E-state index contributed by atoms with van der Waals surface area (Å²) in [5, 5.41) is 20.7. The van der Waals surface area contributed by atoms with Gasteiger partial charge in [-0.3, -0.25) is 0 Å². The van der Waals surface area contributed by atoms with E-state index in [2.05, 4.69) is 48.1 Å². The van der Waals surface area contributed by atoms with Crippen LogP contribution in [0.25, 0.3) is 16.3 Å². The highest BCUT2D eigenvalue weighted by atomic mass is 32.1. The zero-order valence-corrected chi connectivity index (χ0v) is 18.4. The number of nitrogens with two attached hydrogens (primary N) is 1. The molecule has 29 heavy (non-hydrogen) atoms. The summed E-state index contributed by atoms with van der Waals surface area (Å²) >= 11 is 1.39. The lowest BCUT2D eigenvalue weighted by atomic mass is 9.79. The van der Waals surface area contributed by atoms with Crippen molar-refractivity contribution >= 4 is 28.4 Å². The van der Waals surface area contributed by atoms with Crippen LogP contribution >= 0.6 is 11.3 Å². The van der Waals surface area contributed by atoms with Crippen molar-refractivity contribution < 1.29 is 4.39 Å². The quantitative estimate of drug-likeness (QED) is 0.640. The molecule has 2 aromatic rings. The molecule has 0 amide bonds. The number of benzene rings is 1. The van der Waals surface area contributed by atoms with Gasteiger partial charge in [-0.25, -0.2) is 4.39 Å². The number of nitrogens with zero attached hydrogens (tertiary/aromatic N) is 3. The van der Waals surface area contributed by atoms with Crippen LogP contribution in [0.4, 0.5) is 9.52 Å². The molecule has 3 rings (SSSR count). The minimum absolute atomic E-state index is 0.0278. The zero-order valence-electron chi connectivity index (χ0n) is 17.6. The van der Waals surface area contributed by atoms with Gasteiger partial charge in [0.2, 0.25) is 5.13 Å². The van der Waals surface area contributed by atoms with Gasteiger partial charge in [0.1, 0.15) is 5.82 Å². The van der Waals surface area contributed by atoms with E-state index in [0.717, 1.165) is 24.2 Å². The number of piperidine rings is 1. The Bertz CT molecular complexity index is 917. The number of anilines is 1. The predicted octanol–water partition coefficient (Wildman–Crippen LogP) is 4.04. The summed E-state index contributed by atoms with van der Waals surface area (Å²) in [6, 6.07) is 5.08. The average Bonchev–Trinajstić information content (AvgIpc) is 3.08. The fraction of sp³-hybridized carbons (Fsp3) is 0.476. The molecule has 2 heterocycles. The van der Waals surface area contributed by atoms with Crippen molar-refractivity contribution in [3.8, 4) is 10.6 Å². The summed E-state index contributed by atoms with van der Waals surface area (Å²) in [6.45, 7) is 8.87. The number of allylic oxidation sites excluding steroid dienone is 1. The standard InChI is InChI=1S/C21H29FN6S/c1-20(2)11-14(12-21(3,4)27-20)28(5)19-26-25-18(29-19)15-7-6-13(10-16(15)22)17(24)8-9-23/h6-10,14,23,27H,11-12,24H2,1-5H3/b17-8-,23-9?. The number of hydrogen-bond donors (Lipinski definition) is 3. The molecule has 0 spiro atoms. The van der Waals surface area contributed by atoms with Crippen LogP contribution in [0.5, 0.6) is 0 Å². The van der Waals surface area contributed by atoms with E-state index in [0.29, 0.717) is 27.9 Å².